The molecule has 0 amide bonds. The third-order valence-electron chi connectivity index (χ3n) is 1.84. The Balaban J connectivity index is 2.23. The molecule has 3 heteroatoms. The van der Waals surface area contributed by atoms with Gasteiger partial charge in [-0.2, -0.15) is 5.06 Å². The van der Waals surface area contributed by atoms with Gasteiger partial charge in [-0.25, -0.2) is 0 Å². The Morgan fingerprint density at radius 1 is 1.44 bits per heavy atom. The van der Waals surface area contributed by atoms with E-state index in [-0.39, 0.29) is 0 Å². The topological polar surface area (TPSA) is 35.5 Å². The molecular formula is C6H14N2O. The van der Waals surface area contributed by atoms with Crippen LogP contribution in [-0.4, -0.2) is 36.4 Å². The van der Waals surface area contributed by atoms with Crippen LogP contribution < -0.4 is 5.32 Å². The molecule has 0 atom stereocenters. The minimum absolute atomic E-state index is 0.381. The van der Waals surface area contributed by atoms with E-state index < -0.39 is 0 Å². The lowest BCUT2D eigenvalue weighted by Gasteiger charge is -2.26. The molecule has 0 unspecified atom stereocenters. The van der Waals surface area contributed by atoms with Crippen molar-refractivity contribution in [1.29, 1.82) is 0 Å². The molecule has 0 aromatic heterocycles. The van der Waals surface area contributed by atoms with Crippen molar-refractivity contribution < 1.29 is 5.21 Å². The van der Waals surface area contributed by atoms with E-state index in [1.165, 1.54) is 5.06 Å². The SMILES string of the molecule is CN(O)C1CCNCC1. The van der Waals surface area contributed by atoms with Crippen molar-refractivity contribution in [3.8, 4) is 0 Å². The summed E-state index contributed by atoms with van der Waals surface area (Å²) in [7, 11) is 1.72. The molecule has 1 aliphatic rings. The van der Waals surface area contributed by atoms with Gasteiger partial charge in [0.05, 0.1) is 0 Å². The highest BCUT2D eigenvalue weighted by Crippen LogP contribution is 2.06. The lowest BCUT2D eigenvalue weighted by atomic mass is 10.1. The molecule has 9 heavy (non-hydrogen) atoms. The molecule has 1 rings (SSSR count). The third-order valence-corrected chi connectivity index (χ3v) is 1.84. The fraction of sp³-hybridized carbons (Fsp3) is 1.00. The number of nitrogens with zero attached hydrogens (tertiary/aromatic N) is 1. The fourth-order valence-corrected chi connectivity index (χ4v) is 1.18. The molecule has 0 aromatic rings. The predicted molar refractivity (Wildman–Crippen MR) is 35.4 cm³/mol. The fourth-order valence-electron chi connectivity index (χ4n) is 1.18. The van der Waals surface area contributed by atoms with Crippen LogP contribution in [-0.2, 0) is 0 Å². The van der Waals surface area contributed by atoms with Gasteiger partial charge in [0.25, 0.3) is 0 Å². The monoisotopic (exact) mass is 130 g/mol. The molecule has 0 aromatic carbocycles. The van der Waals surface area contributed by atoms with Crippen molar-refractivity contribution in [2.45, 2.75) is 18.9 Å². The molecule has 1 saturated heterocycles. The molecule has 1 aliphatic heterocycles. The van der Waals surface area contributed by atoms with Crippen LogP contribution in [0.15, 0.2) is 0 Å². The van der Waals surface area contributed by atoms with Gasteiger partial charge in [-0.1, -0.05) is 0 Å². The Labute approximate surface area is 55.6 Å². The first-order valence-electron chi connectivity index (χ1n) is 3.43. The van der Waals surface area contributed by atoms with Gasteiger partial charge in [-0.15, -0.1) is 0 Å². The van der Waals surface area contributed by atoms with Gasteiger partial charge in [0.15, 0.2) is 0 Å². The van der Waals surface area contributed by atoms with Crippen molar-refractivity contribution in [1.82, 2.24) is 10.4 Å². The predicted octanol–water partition coefficient (Wildman–Crippen LogP) is 0.0594. The summed E-state index contributed by atoms with van der Waals surface area (Å²) in [5.74, 6) is 0. The van der Waals surface area contributed by atoms with Gasteiger partial charge >= 0.3 is 0 Å². The second-order valence-corrected chi connectivity index (χ2v) is 2.55. The zero-order valence-electron chi connectivity index (χ0n) is 5.80. The van der Waals surface area contributed by atoms with Crippen LogP contribution in [0.1, 0.15) is 12.8 Å². The molecule has 0 saturated carbocycles. The summed E-state index contributed by atoms with van der Waals surface area (Å²) in [6, 6.07) is 0.381. The number of hydroxylamine groups is 2. The summed E-state index contributed by atoms with van der Waals surface area (Å²) in [4.78, 5) is 0. The first-order chi connectivity index (χ1) is 4.30. The van der Waals surface area contributed by atoms with E-state index in [0.717, 1.165) is 25.9 Å². The number of hydrogen-bond acceptors (Lipinski definition) is 3. The summed E-state index contributed by atoms with van der Waals surface area (Å²) >= 11 is 0. The number of nitrogens with one attached hydrogen (secondary N) is 1. The normalized spacial score (nSPS) is 23.0. The zero-order valence-corrected chi connectivity index (χ0v) is 5.80. The van der Waals surface area contributed by atoms with Crippen molar-refractivity contribution in [2.24, 2.45) is 0 Å². The molecule has 0 spiro atoms. The van der Waals surface area contributed by atoms with E-state index in [0.29, 0.717) is 6.04 Å². The third kappa shape index (κ3) is 1.93. The lowest BCUT2D eigenvalue weighted by Crippen LogP contribution is -2.39. The van der Waals surface area contributed by atoms with Gasteiger partial charge in [-0.05, 0) is 25.9 Å². The van der Waals surface area contributed by atoms with E-state index in [2.05, 4.69) is 5.32 Å². The summed E-state index contributed by atoms with van der Waals surface area (Å²) in [6.45, 7) is 2.07. The highest BCUT2D eigenvalue weighted by Gasteiger charge is 2.15. The Kier molecular flexibility index (Phi) is 2.45. The molecule has 0 bridgehead atoms. The maximum atomic E-state index is 8.98. The highest BCUT2D eigenvalue weighted by atomic mass is 16.5. The molecule has 1 fully saturated rings. The number of piperidine rings is 1. The second kappa shape index (κ2) is 3.15. The van der Waals surface area contributed by atoms with E-state index in [1.807, 2.05) is 0 Å². The summed E-state index contributed by atoms with van der Waals surface area (Å²) in [6.07, 6.45) is 2.12. The first kappa shape index (κ1) is 6.99. The van der Waals surface area contributed by atoms with Gasteiger partial charge in [0, 0.05) is 13.1 Å². The largest absolute Gasteiger partial charge is 0.317 e. The molecule has 2 N–H and O–H groups in total. The van der Waals surface area contributed by atoms with Crippen LogP contribution in [0.4, 0.5) is 0 Å². The smallest absolute Gasteiger partial charge is 0.0371 e. The van der Waals surface area contributed by atoms with Gasteiger partial charge in [0.2, 0.25) is 0 Å². The van der Waals surface area contributed by atoms with Gasteiger partial charge in [-0.3, -0.25) is 0 Å². The van der Waals surface area contributed by atoms with Crippen molar-refractivity contribution in [3.63, 3.8) is 0 Å². The Bertz CT molecular complexity index is 79.1. The van der Waals surface area contributed by atoms with Crippen molar-refractivity contribution >= 4 is 0 Å². The van der Waals surface area contributed by atoms with Gasteiger partial charge < -0.3 is 10.5 Å². The Morgan fingerprint density at radius 2 is 2.00 bits per heavy atom. The van der Waals surface area contributed by atoms with E-state index >= 15 is 0 Å². The summed E-state index contributed by atoms with van der Waals surface area (Å²) < 4.78 is 0. The second-order valence-electron chi connectivity index (χ2n) is 2.55. The van der Waals surface area contributed by atoms with Crippen molar-refractivity contribution in [2.75, 3.05) is 20.1 Å². The first-order valence-corrected chi connectivity index (χ1v) is 3.43. The Morgan fingerprint density at radius 3 is 2.33 bits per heavy atom. The van der Waals surface area contributed by atoms with Crippen LogP contribution in [0.5, 0.6) is 0 Å². The van der Waals surface area contributed by atoms with E-state index in [9.17, 15) is 0 Å². The average molecular weight is 130 g/mol. The summed E-state index contributed by atoms with van der Waals surface area (Å²) in [5.41, 5.74) is 0. The highest BCUT2D eigenvalue weighted by molar-refractivity contribution is 4.71. The van der Waals surface area contributed by atoms with Crippen LogP contribution in [0.3, 0.4) is 0 Å². The van der Waals surface area contributed by atoms with Crippen LogP contribution in [0, 0.1) is 0 Å². The maximum Gasteiger partial charge on any atom is 0.0371 e. The van der Waals surface area contributed by atoms with E-state index in [4.69, 9.17) is 5.21 Å². The van der Waals surface area contributed by atoms with Crippen molar-refractivity contribution in [3.05, 3.63) is 0 Å². The molecular weight excluding hydrogens is 116 g/mol. The average Bonchev–Trinajstić information content (AvgIpc) is 1.90. The molecule has 0 radical (unpaired) electrons. The molecule has 54 valence electrons. The quantitative estimate of drug-likeness (QED) is 0.493. The van der Waals surface area contributed by atoms with Crippen LogP contribution >= 0.6 is 0 Å². The molecule has 0 aliphatic carbocycles. The standard InChI is InChI=1S/C6H14N2O/c1-8(9)6-2-4-7-5-3-6/h6-7,9H,2-5H2,1H3. The van der Waals surface area contributed by atoms with Gasteiger partial charge in [0.1, 0.15) is 0 Å². The summed E-state index contributed by atoms with van der Waals surface area (Å²) in [5, 5.41) is 13.5. The van der Waals surface area contributed by atoms with Crippen LogP contribution in [0.25, 0.3) is 0 Å². The maximum absolute atomic E-state index is 8.98. The van der Waals surface area contributed by atoms with Crippen LogP contribution in [0.2, 0.25) is 0 Å². The molecule has 3 nitrogen and oxygen atoms in total. The van der Waals surface area contributed by atoms with E-state index in [1.54, 1.807) is 7.05 Å². The lowest BCUT2D eigenvalue weighted by molar-refractivity contribution is -0.109. The Hall–Kier alpha value is -0.120. The minimum atomic E-state index is 0.381. The minimum Gasteiger partial charge on any atom is -0.317 e. The molecule has 1 heterocycles. The number of rotatable bonds is 1. The zero-order chi connectivity index (χ0) is 6.69. The number of hydrogen-bond donors (Lipinski definition) is 2.